The van der Waals surface area contributed by atoms with E-state index in [0.717, 1.165) is 38.6 Å². The van der Waals surface area contributed by atoms with Gasteiger partial charge in [0.2, 0.25) is 0 Å². The maximum Gasteiger partial charge on any atom is 0.320 e. The highest BCUT2D eigenvalue weighted by Gasteiger charge is 2.41. The SMILES string of the molecule is O=C(O)CCN1CCN(C(=O)N2CC3CCC2C3)CC1. The minimum absolute atomic E-state index is 0.184. The Morgan fingerprint density at radius 3 is 2.40 bits per heavy atom. The van der Waals surface area contributed by atoms with E-state index in [9.17, 15) is 9.59 Å². The average Bonchev–Trinajstić information content (AvgIpc) is 3.07. The van der Waals surface area contributed by atoms with E-state index in [1.54, 1.807) is 0 Å². The van der Waals surface area contributed by atoms with E-state index >= 15 is 0 Å². The monoisotopic (exact) mass is 281 g/mol. The number of hydrogen-bond acceptors (Lipinski definition) is 3. The standard InChI is InChI=1S/C14H23N3O3/c18-13(19)3-4-15-5-7-16(8-6-15)14(20)17-10-11-1-2-12(17)9-11/h11-12H,1-10H2,(H,18,19). The molecule has 2 bridgehead atoms. The maximum absolute atomic E-state index is 12.5. The molecule has 1 aliphatic carbocycles. The normalized spacial score (nSPS) is 30.0. The highest BCUT2D eigenvalue weighted by Crippen LogP contribution is 2.37. The quantitative estimate of drug-likeness (QED) is 0.826. The Labute approximate surface area is 119 Å². The number of likely N-dealkylation sites (tertiary alicyclic amines) is 1. The molecular weight excluding hydrogens is 258 g/mol. The molecule has 0 radical (unpaired) electrons. The van der Waals surface area contributed by atoms with Gasteiger partial charge in [0.05, 0.1) is 6.42 Å². The number of carbonyl (C=O) groups is 2. The Morgan fingerprint density at radius 1 is 1.10 bits per heavy atom. The van der Waals surface area contributed by atoms with Gasteiger partial charge in [0.15, 0.2) is 0 Å². The van der Waals surface area contributed by atoms with Crippen LogP contribution in [0.3, 0.4) is 0 Å². The molecular formula is C14H23N3O3. The van der Waals surface area contributed by atoms with Gasteiger partial charge < -0.3 is 14.9 Å². The summed E-state index contributed by atoms with van der Waals surface area (Å²) in [6, 6.07) is 0.688. The number of amides is 2. The van der Waals surface area contributed by atoms with E-state index < -0.39 is 5.97 Å². The zero-order valence-electron chi connectivity index (χ0n) is 11.8. The molecule has 2 heterocycles. The Morgan fingerprint density at radius 2 is 1.85 bits per heavy atom. The lowest BCUT2D eigenvalue weighted by atomic mass is 10.1. The maximum atomic E-state index is 12.5. The van der Waals surface area contributed by atoms with Gasteiger partial charge in [0.25, 0.3) is 0 Å². The fourth-order valence-electron chi connectivity index (χ4n) is 3.76. The molecule has 112 valence electrons. The first-order valence-corrected chi connectivity index (χ1v) is 7.63. The highest BCUT2D eigenvalue weighted by molar-refractivity contribution is 5.75. The molecule has 6 heteroatoms. The zero-order valence-corrected chi connectivity index (χ0v) is 11.8. The van der Waals surface area contributed by atoms with Crippen LogP contribution >= 0.6 is 0 Å². The number of carboxylic acids is 1. The fourth-order valence-corrected chi connectivity index (χ4v) is 3.76. The molecule has 2 atom stereocenters. The van der Waals surface area contributed by atoms with Crippen LogP contribution in [0.15, 0.2) is 0 Å². The van der Waals surface area contributed by atoms with Gasteiger partial charge in [-0.1, -0.05) is 0 Å². The van der Waals surface area contributed by atoms with Gasteiger partial charge in [-0.05, 0) is 25.2 Å². The fraction of sp³-hybridized carbons (Fsp3) is 0.857. The molecule has 2 saturated heterocycles. The minimum atomic E-state index is -0.753. The molecule has 3 rings (SSSR count). The zero-order chi connectivity index (χ0) is 14.1. The highest BCUT2D eigenvalue weighted by atomic mass is 16.4. The van der Waals surface area contributed by atoms with E-state index in [-0.39, 0.29) is 12.5 Å². The summed E-state index contributed by atoms with van der Waals surface area (Å²) in [7, 11) is 0. The molecule has 0 aromatic heterocycles. The summed E-state index contributed by atoms with van der Waals surface area (Å²) in [6.07, 6.45) is 3.85. The van der Waals surface area contributed by atoms with Crippen LogP contribution < -0.4 is 0 Å². The Balaban J connectivity index is 1.46. The number of carboxylic acid groups (broad SMARTS) is 1. The summed E-state index contributed by atoms with van der Waals surface area (Å²) < 4.78 is 0. The molecule has 20 heavy (non-hydrogen) atoms. The van der Waals surface area contributed by atoms with Crippen LogP contribution in [0.1, 0.15) is 25.7 Å². The third-order valence-electron chi connectivity index (χ3n) is 4.94. The van der Waals surface area contributed by atoms with Crippen molar-refractivity contribution in [3.8, 4) is 0 Å². The molecule has 1 N–H and O–H groups in total. The number of piperidine rings is 1. The number of piperazine rings is 1. The third kappa shape index (κ3) is 2.75. The van der Waals surface area contributed by atoms with Gasteiger partial charge in [-0.15, -0.1) is 0 Å². The first-order valence-electron chi connectivity index (χ1n) is 7.63. The topological polar surface area (TPSA) is 64.1 Å². The van der Waals surface area contributed by atoms with Gasteiger partial charge in [-0.3, -0.25) is 9.69 Å². The Kier molecular flexibility index (Phi) is 3.83. The number of nitrogens with zero attached hydrogens (tertiary/aromatic N) is 3. The lowest BCUT2D eigenvalue weighted by molar-refractivity contribution is -0.137. The van der Waals surface area contributed by atoms with Crippen molar-refractivity contribution in [3.63, 3.8) is 0 Å². The molecule has 2 aliphatic heterocycles. The number of aliphatic carboxylic acids is 1. The van der Waals surface area contributed by atoms with Gasteiger partial charge in [0, 0.05) is 45.3 Å². The number of hydrogen-bond donors (Lipinski definition) is 1. The molecule has 2 unspecified atom stereocenters. The summed E-state index contributed by atoms with van der Waals surface area (Å²) in [4.78, 5) is 29.2. The molecule has 0 aromatic rings. The summed E-state index contributed by atoms with van der Waals surface area (Å²) in [5.41, 5.74) is 0. The van der Waals surface area contributed by atoms with E-state index in [1.165, 1.54) is 19.3 Å². The largest absolute Gasteiger partial charge is 0.481 e. The van der Waals surface area contributed by atoms with Gasteiger partial charge >= 0.3 is 12.0 Å². The first kappa shape index (κ1) is 13.7. The van der Waals surface area contributed by atoms with Crippen LogP contribution in [0.4, 0.5) is 4.79 Å². The number of fused-ring (bicyclic) bond motifs is 2. The predicted octanol–water partition coefficient (Wildman–Crippen LogP) is 0.683. The van der Waals surface area contributed by atoms with Crippen LogP contribution in [-0.2, 0) is 4.79 Å². The van der Waals surface area contributed by atoms with E-state index in [2.05, 4.69) is 9.80 Å². The van der Waals surface area contributed by atoms with Crippen LogP contribution in [0.2, 0.25) is 0 Å². The molecule has 0 spiro atoms. The Bertz CT molecular complexity index is 393. The molecule has 0 aromatic carbocycles. The van der Waals surface area contributed by atoms with Crippen LogP contribution in [0.25, 0.3) is 0 Å². The van der Waals surface area contributed by atoms with E-state index in [4.69, 9.17) is 5.11 Å². The second-order valence-electron chi connectivity index (χ2n) is 6.24. The molecule has 3 aliphatic rings. The van der Waals surface area contributed by atoms with Crippen molar-refractivity contribution in [1.82, 2.24) is 14.7 Å². The second-order valence-corrected chi connectivity index (χ2v) is 6.24. The first-order chi connectivity index (χ1) is 9.63. The van der Waals surface area contributed by atoms with Gasteiger partial charge in [0.1, 0.15) is 0 Å². The van der Waals surface area contributed by atoms with Crippen molar-refractivity contribution in [1.29, 1.82) is 0 Å². The van der Waals surface area contributed by atoms with Crippen LogP contribution in [-0.4, -0.2) is 77.1 Å². The third-order valence-corrected chi connectivity index (χ3v) is 4.94. The number of urea groups is 1. The van der Waals surface area contributed by atoms with Crippen molar-refractivity contribution in [2.75, 3.05) is 39.3 Å². The molecule has 6 nitrogen and oxygen atoms in total. The van der Waals surface area contributed by atoms with Crippen molar-refractivity contribution in [2.24, 2.45) is 5.92 Å². The van der Waals surface area contributed by atoms with E-state index in [0.29, 0.717) is 12.6 Å². The Hall–Kier alpha value is -1.30. The predicted molar refractivity (Wildman–Crippen MR) is 73.5 cm³/mol. The van der Waals surface area contributed by atoms with Crippen LogP contribution in [0.5, 0.6) is 0 Å². The lowest BCUT2D eigenvalue weighted by Gasteiger charge is -2.38. The minimum Gasteiger partial charge on any atom is -0.481 e. The molecule has 3 fully saturated rings. The van der Waals surface area contributed by atoms with Crippen molar-refractivity contribution in [3.05, 3.63) is 0 Å². The molecule has 2 amide bonds. The van der Waals surface area contributed by atoms with E-state index in [1.807, 2.05) is 4.90 Å². The summed E-state index contributed by atoms with van der Waals surface area (Å²) in [6.45, 7) is 4.58. The summed E-state index contributed by atoms with van der Waals surface area (Å²) in [5, 5.41) is 8.69. The molecule has 1 saturated carbocycles. The number of carbonyl (C=O) groups excluding carboxylic acids is 1. The second kappa shape index (κ2) is 5.60. The number of rotatable bonds is 3. The van der Waals surface area contributed by atoms with Crippen LogP contribution in [0, 0.1) is 5.92 Å². The van der Waals surface area contributed by atoms with Gasteiger partial charge in [-0.25, -0.2) is 4.79 Å². The van der Waals surface area contributed by atoms with Crippen molar-refractivity contribution >= 4 is 12.0 Å². The summed E-state index contributed by atoms with van der Waals surface area (Å²) >= 11 is 0. The van der Waals surface area contributed by atoms with Crippen molar-refractivity contribution < 1.29 is 14.7 Å². The smallest absolute Gasteiger partial charge is 0.320 e. The summed E-state index contributed by atoms with van der Waals surface area (Å²) in [5.74, 6) is -0.0163. The van der Waals surface area contributed by atoms with Gasteiger partial charge in [-0.2, -0.15) is 0 Å². The lowest BCUT2D eigenvalue weighted by Crippen LogP contribution is -2.54. The van der Waals surface area contributed by atoms with Crippen molar-refractivity contribution in [2.45, 2.75) is 31.7 Å². The average molecular weight is 281 g/mol.